The maximum atomic E-state index is 13.2. The molecule has 3 nitrogen and oxygen atoms in total. The van der Waals surface area contributed by atoms with Gasteiger partial charge in [0.1, 0.15) is 22.1 Å². The molecule has 2 rings (SSSR count). The number of nitrogens with zero attached hydrogens (tertiary/aromatic N) is 2. The van der Waals surface area contributed by atoms with Crippen molar-refractivity contribution in [2.45, 2.75) is 32.7 Å². The summed E-state index contributed by atoms with van der Waals surface area (Å²) in [7, 11) is 0. The van der Waals surface area contributed by atoms with Crippen molar-refractivity contribution in [1.82, 2.24) is 9.97 Å². The molecule has 0 spiro atoms. The van der Waals surface area contributed by atoms with Gasteiger partial charge >= 0.3 is 0 Å². The molecule has 1 aromatic carbocycles. The van der Waals surface area contributed by atoms with Gasteiger partial charge < -0.3 is 5.32 Å². The third kappa shape index (κ3) is 4.00. The maximum Gasteiger partial charge on any atom is 0.132 e. The normalized spacial score (nSPS) is 12.2. The fourth-order valence-electron chi connectivity index (χ4n) is 1.96. The average Bonchev–Trinajstić information content (AvgIpc) is 2.38. The van der Waals surface area contributed by atoms with E-state index >= 15 is 0 Å². The summed E-state index contributed by atoms with van der Waals surface area (Å²) in [5.74, 6) is 1.31. The van der Waals surface area contributed by atoms with Gasteiger partial charge in [0.25, 0.3) is 0 Å². The van der Waals surface area contributed by atoms with Crippen LogP contribution >= 0.6 is 15.9 Å². The van der Waals surface area contributed by atoms with Gasteiger partial charge in [-0.3, -0.25) is 0 Å². The second-order valence-corrected chi connectivity index (χ2v) is 5.48. The Morgan fingerprint density at radius 2 is 2.10 bits per heavy atom. The van der Waals surface area contributed by atoms with Crippen molar-refractivity contribution in [2.75, 3.05) is 5.32 Å². The SMILES string of the molecule is CCCc1nc(Br)cc(NC(C)c2cccc(F)c2)n1. The van der Waals surface area contributed by atoms with Crippen LogP contribution in [-0.2, 0) is 6.42 Å². The lowest BCUT2D eigenvalue weighted by atomic mass is 10.1. The van der Waals surface area contributed by atoms with Gasteiger partial charge in [-0.15, -0.1) is 0 Å². The van der Waals surface area contributed by atoms with Gasteiger partial charge in [-0.05, 0) is 47.0 Å². The summed E-state index contributed by atoms with van der Waals surface area (Å²) in [5, 5.41) is 3.28. The molecule has 0 bridgehead atoms. The fraction of sp³-hybridized carbons (Fsp3) is 0.333. The van der Waals surface area contributed by atoms with E-state index in [0.717, 1.165) is 34.7 Å². The Morgan fingerprint density at radius 3 is 2.80 bits per heavy atom. The largest absolute Gasteiger partial charge is 0.363 e. The van der Waals surface area contributed by atoms with E-state index in [1.54, 1.807) is 6.07 Å². The van der Waals surface area contributed by atoms with Crippen molar-refractivity contribution in [3.8, 4) is 0 Å². The molecular weight excluding hydrogens is 321 g/mol. The van der Waals surface area contributed by atoms with Crippen LogP contribution in [0.3, 0.4) is 0 Å². The molecule has 0 amide bonds. The van der Waals surface area contributed by atoms with Crippen LogP contribution in [0.4, 0.5) is 10.2 Å². The molecule has 0 aliphatic heterocycles. The summed E-state index contributed by atoms with van der Waals surface area (Å²) in [6.45, 7) is 4.07. The van der Waals surface area contributed by atoms with E-state index in [4.69, 9.17) is 0 Å². The predicted molar refractivity (Wildman–Crippen MR) is 82.2 cm³/mol. The molecule has 106 valence electrons. The van der Waals surface area contributed by atoms with E-state index < -0.39 is 0 Å². The Bertz CT molecular complexity index is 589. The standard InChI is InChI=1S/C15H17BrFN3/c1-3-5-14-19-13(16)9-15(20-14)18-10(2)11-6-4-7-12(17)8-11/h4,6-10H,3,5H2,1-2H3,(H,18,19,20). The minimum atomic E-state index is -0.230. The molecule has 0 fully saturated rings. The second-order valence-electron chi connectivity index (χ2n) is 4.66. The first kappa shape index (κ1) is 14.9. The highest BCUT2D eigenvalue weighted by Crippen LogP contribution is 2.20. The van der Waals surface area contributed by atoms with E-state index in [1.165, 1.54) is 12.1 Å². The van der Waals surface area contributed by atoms with Crippen LogP contribution in [0.25, 0.3) is 0 Å². The number of anilines is 1. The molecular formula is C15H17BrFN3. The molecule has 1 unspecified atom stereocenters. The van der Waals surface area contributed by atoms with Gasteiger partial charge in [-0.2, -0.15) is 0 Å². The van der Waals surface area contributed by atoms with Gasteiger partial charge in [0.05, 0.1) is 6.04 Å². The van der Waals surface area contributed by atoms with Crippen LogP contribution < -0.4 is 5.32 Å². The summed E-state index contributed by atoms with van der Waals surface area (Å²) < 4.78 is 14.0. The minimum absolute atomic E-state index is 0.0259. The molecule has 20 heavy (non-hydrogen) atoms. The number of aryl methyl sites for hydroxylation is 1. The molecule has 1 aromatic heterocycles. The first-order chi connectivity index (χ1) is 9.58. The minimum Gasteiger partial charge on any atom is -0.363 e. The van der Waals surface area contributed by atoms with Crippen LogP contribution in [0.1, 0.15) is 37.7 Å². The van der Waals surface area contributed by atoms with Gasteiger partial charge in [-0.25, -0.2) is 14.4 Å². The molecule has 0 saturated heterocycles. The maximum absolute atomic E-state index is 13.2. The highest BCUT2D eigenvalue weighted by atomic mass is 79.9. The Labute approximate surface area is 126 Å². The zero-order valence-electron chi connectivity index (χ0n) is 11.5. The number of benzene rings is 1. The summed E-state index contributed by atoms with van der Waals surface area (Å²) in [4.78, 5) is 8.79. The monoisotopic (exact) mass is 337 g/mol. The molecule has 0 aliphatic rings. The number of aromatic nitrogens is 2. The summed E-state index contributed by atoms with van der Waals surface area (Å²) in [6.07, 6.45) is 1.83. The topological polar surface area (TPSA) is 37.8 Å². The smallest absolute Gasteiger partial charge is 0.132 e. The molecule has 2 aromatic rings. The molecule has 0 aliphatic carbocycles. The number of nitrogens with one attached hydrogen (secondary N) is 1. The van der Waals surface area contributed by atoms with Crippen LogP contribution in [-0.4, -0.2) is 9.97 Å². The third-order valence-corrected chi connectivity index (χ3v) is 3.33. The van der Waals surface area contributed by atoms with E-state index in [1.807, 2.05) is 19.1 Å². The van der Waals surface area contributed by atoms with Crippen LogP contribution in [0.2, 0.25) is 0 Å². The van der Waals surface area contributed by atoms with Crippen LogP contribution in [0.5, 0.6) is 0 Å². The highest BCUT2D eigenvalue weighted by molar-refractivity contribution is 9.10. The lowest BCUT2D eigenvalue weighted by molar-refractivity contribution is 0.623. The molecule has 1 atom stereocenters. The Morgan fingerprint density at radius 1 is 1.30 bits per heavy atom. The van der Waals surface area contributed by atoms with Crippen molar-refractivity contribution in [3.05, 3.63) is 52.1 Å². The lowest BCUT2D eigenvalue weighted by Crippen LogP contribution is -2.10. The highest BCUT2D eigenvalue weighted by Gasteiger charge is 2.09. The van der Waals surface area contributed by atoms with Crippen molar-refractivity contribution in [2.24, 2.45) is 0 Å². The van der Waals surface area contributed by atoms with E-state index in [2.05, 4.69) is 38.1 Å². The summed E-state index contributed by atoms with van der Waals surface area (Å²) in [6, 6.07) is 8.37. The first-order valence-electron chi connectivity index (χ1n) is 6.64. The lowest BCUT2D eigenvalue weighted by Gasteiger charge is -2.15. The zero-order chi connectivity index (χ0) is 14.5. The third-order valence-electron chi connectivity index (χ3n) is 2.93. The Kier molecular flexibility index (Phi) is 5.06. The summed E-state index contributed by atoms with van der Waals surface area (Å²) in [5.41, 5.74) is 0.886. The van der Waals surface area contributed by atoms with Gasteiger partial charge in [0.2, 0.25) is 0 Å². The van der Waals surface area contributed by atoms with Gasteiger partial charge in [0.15, 0.2) is 0 Å². The summed E-state index contributed by atoms with van der Waals surface area (Å²) >= 11 is 3.39. The second kappa shape index (κ2) is 6.79. The van der Waals surface area contributed by atoms with Crippen molar-refractivity contribution < 1.29 is 4.39 Å². The van der Waals surface area contributed by atoms with Crippen molar-refractivity contribution >= 4 is 21.7 Å². The molecule has 5 heteroatoms. The fourth-order valence-corrected chi connectivity index (χ4v) is 2.38. The molecule has 1 heterocycles. The number of hydrogen-bond donors (Lipinski definition) is 1. The van der Waals surface area contributed by atoms with Gasteiger partial charge in [-0.1, -0.05) is 19.1 Å². The van der Waals surface area contributed by atoms with Crippen LogP contribution in [0.15, 0.2) is 34.9 Å². The quantitative estimate of drug-likeness (QED) is 0.816. The molecule has 0 saturated carbocycles. The van der Waals surface area contributed by atoms with E-state index in [-0.39, 0.29) is 11.9 Å². The van der Waals surface area contributed by atoms with Crippen molar-refractivity contribution in [1.29, 1.82) is 0 Å². The predicted octanol–water partition coefficient (Wildman–Crippen LogP) is 4.50. The number of halogens is 2. The van der Waals surface area contributed by atoms with E-state index in [0.29, 0.717) is 0 Å². The first-order valence-corrected chi connectivity index (χ1v) is 7.43. The molecule has 0 radical (unpaired) electrons. The Balaban J connectivity index is 2.16. The average molecular weight is 338 g/mol. The van der Waals surface area contributed by atoms with Crippen molar-refractivity contribution in [3.63, 3.8) is 0 Å². The van der Waals surface area contributed by atoms with E-state index in [9.17, 15) is 4.39 Å². The number of rotatable bonds is 5. The van der Waals surface area contributed by atoms with Crippen LogP contribution in [0, 0.1) is 5.82 Å². The molecule has 1 N–H and O–H groups in total. The number of hydrogen-bond acceptors (Lipinski definition) is 3. The Hall–Kier alpha value is -1.49. The zero-order valence-corrected chi connectivity index (χ0v) is 13.1. The van der Waals surface area contributed by atoms with Gasteiger partial charge in [0, 0.05) is 12.5 Å².